The Bertz CT molecular complexity index is 1600. The van der Waals surface area contributed by atoms with Crippen molar-refractivity contribution in [2.45, 2.75) is 309 Å². The van der Waals surface area contributed by atoms with E-state index < -0.39 is 24.3 Å². The predicted molar refractivity (Wildman–Crippen MR) is 343 cm³/mol. The van der Waals surface area contributed by atoms with Crippen molar-refractivity contribution in [1.29, 1.82) is 0 Å². The maximum Gasteiger partial charge on any atom is 0.306 e. The minimum absolute atomic E-state index is 0.134. The van der Waals surface area contributed by atoms with Crippen LogP contribution in [0.15, 0.2) is 85.1 Å². The highest BCUT2D eigenvalue weighted by Gasteiger charge is 2.22. The quantitative estimate of drug-likeness (QED) is 0.0195. The number of ether oxygens (including phenoxy) is 4. The van der Waals surface area contributed by atoms with Gasteiger partial charge in [0, 0.05) is 12.8 Å². The normalized spacial score (nSPS) is 13.2. The van der Waals surface area contributed by atoms with Crippen LogP contribution in [0.1, 0.15) is 296 Å². The van der Waals surface area contributed by atoms with Gasteiger partial charge in [-0.3, -0.25) is 9.59 Å². The number of carboxylic acids is 1. The lowest BCUT2D eigenvalue weighted by Crippen LogP contribution is -2.44. The van der Waals surface area contributed by atoms with Gasteiger partial charge in [0.2, 0.25) is 0 Å². The highest BCUT2D eigenvalue weighted by molar-refractivity contribution is 5.70. The summed E-state index contributed by atoms with van der Waals surface area (Å²) in [6.07, 6.45) is 81.2. The van der Waals surface area contributed by atoms with Crippen LogP contribution in [0.4, 0.5) is 0 Å². The average molecular weight is 1130 g/mol. The average Bonchev–Trinajstić information content (AvgIpc) is 3.44. The molecule has 0 aromatic heterocycles. The Labute approximate surface area is 500 Å². The number of allylic oxidation sites excluding steroid dienone is 14. The first-order valence-electron chi connectivity index (χ1n) is 33.7. The molecule has 0 spiro atoms. The number of carbonyl (C=O) groups excluding carboxylic acids is 3. The number of hydrogen-bond acceptors (Lipinski definition) is 8. The summed E-state index contributed by atoms with van der Waals surface area (Å²) in [5.41, 5.74) is 0. The third kappa shape index (κ3) is 63.9. The Kier molecular flexibility index (Phi) is 59.8. The van der Waals surface area contributed by atoms with E-state index in [0.29, 0.717) is 23.9 Å². The lowest BCUT2D eigenvalue weighted by molar-refractivity contribution is -0.870. The summed E-state index contributed by atoms with van der Waals surface area (Å²) in [5.74, 6) is -2.36. The van der Waals surface area contributed by atoms with E-state index >= 15 is 0 Å². The van der Waals surface area contributed by atoms with Crippen molar-refractivity contribution in [3.05, 3.63) is 85.1 Å². The molecular weight excluding hydrogens is 1010 g/mol. The van der Waals surface area contributed by atoms with Gasteiger partial charge in [-0.15, -0.1) is 0 Å². The van der Waals surface area contributed by atoms with E-state index in [9.17, 15) is 19.5 Å². The Morgan fingerprint density at radius 1 is 0.383 bits per heavy atom. The molecule has 0 bridgehead atoms. The van der Waals surface area contributed by atoms with Crippen molar-refractivity contribution in [3.63, 3.8) is 0 Å². The summed E-state index contributed by atoms with van der Waals surface area (Å²) in [5, 5.41) is 11.8. The molecule has 0 aromatic carbocycles. The number of aliphatic carboxylic acids is 1. The molecule has 0 saturated heterocycles. The van der Waals surface area contributed by atoms with Gasteiger partial charge in [-0.2, -0.15) is 0 Å². The number of quaternary nitrogens is 1. The minimum Gasteiger partial charge on any atom is -0.545 e. The SMILES string of the molecule is CC/C=C\C/C=C\C/C=C\C/C=C\C/C=C\C/C=C\C/C=C\CCCC(=O)OC(COC(=O)CCCCCCCCCCCCCCCCCCCCCCCCCCCCCCCCCCC)COC(OCC[N+](C)(C)C)C(=O)[O-]. The molecular formula is C72H127NO8. The summed E-state index contributed by atoms with van der Waals surface area (Å²) in [6.45, 7) is 4.60. The minimum atomic E-state index is -1.64. The standard InChI is InChI=1S/C72H127NO8/c1-6-8-10-12-14-16-18-20-22-24-26-28-30-31-32-33-34-35-36-37-38-39-41-42-44-46-48-50-52-54-56-58-60-62-69(74)79-66-68(67-80-72(71(76)77)78-65-64-73(3,4)5)81-70(75)63-61-59-57-55-53-51-49-47-45-43-40-29-27-25-23-21-19-17-15-13-11-9-7-2/h9,11,15,17,21,23,27,29,43,45,49,51,55,57,68,72H,6-8,10,12-14,16,18-20,22,24-26,28,30-42,44,46-48,50,52-54,56,58-67H2,1-5H3/b11-9-,17-15-,23-21-,29-27-,45-43-,51-49-,57-55-. The highest BCUT2D eigenvalue weighted by atomic mass is 16.7. The van der Waals surface area contributed by atoms with Crippen LogP contribution in [0.5, 0.6) is 0 Å². The fourth-order valence-electron chi connectivity index (χ4n) is 9.53. The molecule has 0 saturated carbocycles. The van der Waals surface area contributed by atoms with Crippen LogP contribution in [0, 0.1) is 0 Å². The van der Waals surface area contributed by atoms with Gasteiger partial charge >= 0.3 is 11.9 Å². The number of carbonyl (C=O) groups is 3. The van der Waals surface area contributed by atoms with Crippen LogP contribution in [-0.4, -0.2) is 82.3 Å². The molecule has 0 amide bonds. The van der Waals surface area contributed by atoms with E-state index in [0.717, 1.165) is 64.2 Å². The molecule has 9 nitrogen and oxygen atoms in total. The Morgan fingerprint density at radius 3 is 1.04 bits per heavy atom. The molecule has 0 radical (unpaired) electrons. The summed E-state index contributed by atoms with van der Waals surface area (Å²) in [6, 6.07) is 0. The van der Waals surface area contributed by atoms with Crippen LogP contribution >= 0.6 is 0 Å². The largest absolute Gasteiger partial charge is 0.545 e. The Hall–Kier alpha value is -3.53. The zero-order valence-corrected chi connectivity index (χ0v) is 53.4. The maximum atomic E-state index is 12.9. The van der Waals surface area contributed by atoms with Crippen molar-refractivity contribution in [2.24, 2.45) is 0 Å². The Balaban J connectivity index is 4.15. The second kappa shape index (κ2) is 62.5. The smallest absolute Gasteiger partial charge is 0.306 e. The van der Waals surface area contributed by atoms with Crippen LogP contribution in [0.25, 0.3) is 0 Å². The van der Waals surface area contributed by atoms with Crippen molar-refractivity contribution >= 4 is 17.9 Å². The van der Waals surface area contributed by atoms with E-state index in [1.165, 1.54) is 193 Å². The lowest BCUT2D eigenvalue weighted by Gasteiger charge is -2.26. The van der Waals surface area contributed by atoms with E-state index in [2.05, 4.69) is 98.9 Å². The number of unbranched alkanes of at least 4 members (excludes halogenated alkanes) is 33. The zero-order chi connectivity index (χ0) is 59.1. The van der Waals surface area contributed by atoms with Gasteiger partial charge in [-0.1, -0.05) is 304 Å². The van der Waals surface area contributed by atoms with Gasteiger partial charge in [0.25, 0.3) is 0 Å². The topological polar surface area (TPSA) is 111 Å². The van der Waals surface area contributed by atoms with Gasteiger partial charge in [-0.25, -0.2) is 0 Å². The molecule has 0 aliphatic carbocycles. The van der Waals surface area contributed by atoms with Crippen molar-refractivity contribution in [1.82, 2.24) is 0 Å². The summed E-state index contributed by atoms with van der Waals surface area (Å²) in [7, 11) is 5.91. The number of carboxylic acid groups (broad SMARTS) is 1. The second-order valence-corrected chi connectivity index (χ2v) is 23.7. The molecule has 0 aromatic rings. The molecule has 0 fully saturated rings. The summed E-state index contributed by atoms with van der Waals surface area (Å²) in [4.78, 5) is 37.4. The molecule has 81 heavy (non-hydrogen) atoms. The molecule has 0 rings (SSSR count). The van der Waals surface area contributed by atoms with E-state index in [1.54, 1.807) is 0 Å². The molecule has 468 valence electrons. The lowest BCUT2D eigenvalue weighted by atomic mass is 10.0. The van der Waals surface area contributed by atoms with Gasteiger partial charge in [-0.05, 0) is 64.2 Å². The summed E-state index contributed by atoms with van der Waals surface area (Å²) >= 11 is 0. The van der Waals surface area contributed by atoms with Gasteiger partial charge in [0.05, 0.1) is 40.3 Å². The third-order valence-corrected chi connectivity index (χ3v) is 14.7. The first-order valence-corrected chi connectivity index (χ1v) is 33.7. The van der Waals surface area contributed by atoms with E-state index in [-0.39, 0.29) is 38.6 Å². The monoisotopic (exact) mass is 1130 g/mol. The summed E-state index contributed by atoms with van der Waals surface area (Å²) < 4.78 is 22.7. The van der Waals surface area contributed by atoms with Crippen molar-refractivity contribution in [2.75, 3.05) is 47.5 Å². The third-order valence-electron chi connectivity index (χ3n) is 14.7. The molecule has 2 atom stereocenters. The van der Waals surface area contributed by atoms with Crippen LogP contribution < -0.4 is 5.11 Å². The number of likely N-dealkylation sites (N-methyl/N-ethyl adjacent to an activating group) is 1. The fourth-order valence-corrected chi connectivity index (χ4v) is 9.53. The van der Waals surface area contributed by atoms with Crippen LogP contribution in [0.3, 0.4) is 0 Å². The zero-order valence-electron chi connectivity index (χ0n) is 53.4. The van der Waals surface area contributed by atoms with Gasteiger partial charge in [0.15, 0.2) is 12.4 Å². The van der Waals surface area contributed by atoms with Gasteiger partial charge < -0.3 is 33.3 Å². The van der Waals surface area contributed by atoms with E-state index in [1.807, 2.05) is 21.1 Å². The molecule has 0 aliphatic rings. The molecule has 0 aliphatic heterocycles. The first kappa shape index (κ1) is 77.5. The van der Waals surface area contributed by atoms with Gasteiger partial charge in [0.1, 0.15) is 13.2 Å². The van der Waals surface area contributed by atoms with Crippen molar-refractivity contribution < 1.29 is 42.9 Å². The van der Waals surface area contributed by atoms with Crippen LogP contribution in [0.2, 0.25) is 0 Å². The van der Waals surface area contributed by atoms with Crippen LogP contribution in [-0.2, 0) is 33.3 Å². The second-order valence-electron chi connectivity index (χ2n) is 23.7. The molecule has 9 heteroatoms. The molecule has 2 unspecified atom stereocenters. The number of rotatable bonds is 62. The first-order chi connectivity index (χ1) is 39.6. The number of esters is 2. The Morgan fingerprint density at radius 2 is 0.704 bits per heavy atom. The number of hydrogen-bond donors (Lipinski definition) is 0. The van der Waals surface area contributed by atoms with E-state index in [4.69, 9.17) is 18.9 Å². The predicted octanol–water partition coefficient (Wildman–Crippen LogP) is 19.4. The molecule has 0 N–H and O–H groups in total. The number of nitrogens with zero attached hydrogens (tertiary/aromatic N) is 1. The molecule has 0 heterocycles. The highest BCUT2D eigenvalue weighted by Crippen LogP contribution is 2.18. The van der Waals surface area contributed by atoms with Crippen molar-refractivity contribution in [3.8, 4) is 0 Å². The fraction of sp³-hybridized carbons (Fsp3) is 0.764. The maximum absolute atomic E-state index is 12.9.